The van der Waals surface area contributed by atoms with Gasteiger partial charge in [0, 0.05) is 22.8 Å². The molecule has 0 atom stereocenters. The van der Waals surface area contributed by atoms with E-state index < -0.39 is 0 Å². The third-order valence-electron chi connectivity index (χ3n) is 3.70. The summed E-state index contributed by atoms with van der Waals surface area (Å²) in [7, 11) is 0. The molecule has 0 radical (unpaired) electrons. The van der Waals surface area contributed by atoms with Crippen LogP contribution >= 0.6 is 23.2 Å². The number of unbranched alkanes of at least 4 members (excludes halogenated alkanes) is 1. The van der Waals surface area contributed by atoms with Gasteiger partial charge in [-0.15, -0.1) is 0 Å². The molecule has 0 saturated carbocycles. The van der Waals surface area contributed by atoms with Gasteiger partial charge >= 0.3 is 0 Å². The molecule has 1 amide bonds. The van der Waals surface area contributed by atoms with Gasteiger partial charge in [-0.3, -0.25) is 4.79 Å². The van der Waals surface area contributed by atoms with Crippen molar-refractivity contribution in [2.45, 2.75) is 33.3 Å². The number of hydrogen-bond donors (Lipinski definition) is 1. The van der Waals surface area contributed by atoms with Crippen LogP contribution in [0.4, 0.5) is 5.69 Å². The third-order valence-corrected chi connectivity index (χ3v) is 4.26. The van der Waals surface area contributed by atoms with Crippen molar-refractivity contribution in [1.29, 1.82) is 0 Å². The van der Waals surface area contributed by atoms with Crippen LogP contribution in [0.15, 0.2) is 36.4 Å². The van der Waals surface area contributed by atoms with Crippen molar-refractivity contribution in [2.24, 2.45) is 0 Å². The average Bonchev–Trinajstić information content (AvgIpc) is 2.63. The quantitative estimate of drug-likeness (QED) is 0.532. The fourth-order valence-electron chi connectivity index (χ4n) is 2.35. The number of halogens is 2. The molecule has 1 N–H and O–H groups in total. The first-order valence-corrected chi connectivity index (χ1v) is 9.40. The lowest BCUT2D eigenvalue weighted by Crippen LogP contribution is -2.13. The molecule has 0 bridgehead atoms. The summed E-state index contributed by atoms with van der Waals surface area (Å²) in [6.07, 6.45) is 2.07. The molecular weight excluding hydrogens is 373 g/mol. The van der Waals surface area contributed by atoms with Crippen molar-refractivity contribution < 1.29 is 14.3 Å². The summed E-state index contributed by atoms with van der Waals surface area (Å²) < 4.78 is 11.3. The van der Waals surface area contributed by atoms with Crippen LogP contribution in [0.3, 0.4) is 0 Å². The molecule has 26 heavy (non-hydrogen) atoms. The molecule has 0 aliphatic rings. The van der Waals surface area contributed by atoms with Crippen LogP contribution in [-0.2, 0) is 11.3 Å². The van der Waals surface area contributed by atoms with Crippen LogP contribution in [0, 0.1) is 0 Å². The Morgan fingerprint density at radius 3 is 2.65 bits per heavy atom. The second-order valence-electron chi connectivity index (χ2n) is 5.74. The number of ether oxygens (including phenoxy) is 2. The van der Waals surface area contributed by atoms with E-state index in [2.05, 4.69) is 12.2 Å². The molecule has 0 aliphatic carbocycles. The van der Waals surface area contributed by atoms with Gasteiger partial charge in [0.25, 0.3) is 5.91 Å². The standard InChI is InChI=1S/C20H23Cl2NO3/c1-3-5-10-25-13-15-11-14(6-9-19(15)26-4-2)20(24)23-18-12-16(21)7-8-17(18)22/h6-9,11-12H,3-5,10,13H2,1-2H3,(H,23,24). The largest absolute Gasteiger partial charge is 0.494 e. The molecule has 6 heteroatoms. The van der Waals surface area contributed by atoms with Gasteiger partial charge in [0.2, 0.25) is 0 Å². The van der Waals surface area contributed by atoms with Crippen molar-refractivity contribution in [3.05, 3.63) is 57.6 Å². The fourth-order valence-corrected chi connectivity index (χ4v) is 2.68. The van der Waals surface area contributed by atoms with Gasteiger partial charge < -0.3 is 14.8 Å². The number of nitrogens with one attached hydrogen (secondary N) is 1. The second kappa shape index (κ2) is 10.4. The van der Waals surface area contributed by atoms with E-state index in [9.17, 15) is 4.79 Å². The zero-order valence-corrected chi connectivity index (χ0v) is 16.5. The molecule has 0 heterocycles. The summed E-state index contributed by atoms with van der Waals surface area (Å²) in [4.78, 5) is 12.6. The number of carbonyl (C=O) groups excluding carboxylic acids is 1. The first-order valence-electron chi connectivity index (χ1n) is 8.65. The average molecular weight is 396 g/mol. The Labute approximate surface area is 164 Å². The molecule has 0 aliphatic heterocycles. The lowest BCUT2D eigenvalue weighted by molar-refractivity contribution is 0.102. The summed E-state index contributed by atoms with van der Waals surface area (Å²) >= 11 is 12.1. The van der Waals surface area contributed by atoms with E-state index >= 15 is 0 Å². The van der Waals surface area contributed by atoms with Crippen LogP contribution in [0.5, 0.6) is 5.75 Å². The van der Waals surface area contributed by atoms with Crippen molar-refractivity contribution in [1.82, 2.24) is 0 Å². The Bertz CT molecular complexity index is 750. The number of amides is 1. The first-order chi connectivity index (χ1) is 12.5. The van der Waals surface area contributed by atoms with Crippen LogP contribution in [0.1, 0.15) is 42.6 Å². The Balaban J connectivity index is 2.16. The van der Waals surface area contributed by atoms with Crippen molar-refractivity contribution in [3.63, 3.8) is 0 Å². The molecule has 0 unspecified atom stereocenters. The van der Waals surface area contributed by atoms with E-state index in [0.717, 1.165) is 24.2 Å². The Kier molecular flexibility index (Phi) is 8.23. The maximum Gasteiger partial charge on any atom is 0.255 e. The zero-order chi connectivity index (χ0) is 18.9. The number of rotatable bonds is 9. The highest BCUT2D eigenvalue weighted by Gasteiger charge is 2.13. The number of hydrogen-bond acceptors (Lipinski definition) is 3. The molecule has 2 aromatic carbocycles. The van der Waals surface area contributed by atoms with Crippen molar-refractivity contribution in [2.75, 3.05) is 18.5 Å². The van der Waals surface area contributed by atoms with Gasteiger partial charge in [0.1, 0.15) is 5.75 Å². The van der Waals surface area contributed by atoms with Crippen LogP contribution in [0.25, 0.3) is 0 Å². The minimum atomic E-state index is -0.271. The maximum atomic E-state index is 12.6. The highest BCUT2D eigenvalue weighted by atomic mass is 35.5. The molecule has 2 rings (SSSR count). The topological polar surface area (TPSA) is 47.6 Å². The van der Waals surface area contributed by atoms with E-state index in [1.54, 1.807) is 36.4 Å². The van der Waals surface area contributed by atoms with Crippen LogP contribution in [-0.4, -0.2) is 19.1 Å². The van der Waals surface area contributed by atoms with Crippen molar-refractivity contribution >= 4 is 34.8 Å². The molecule has 140 valence electrons. The van der Waals surface area contributed by atoms with E-state index in [1.807, 2.05) is 6.92 Å². The molecule has 0 fully saturated rings. The molecule has 0 spiro atoms. The van der Waals surface area contributed by atoms with Gasteiger partial charge in [-0.05, 0) is 49.7 Å². The normalized spacial score (nSPS) is 10.6. The summed E-state index contributed by atoms with van der Waals surface area (Å²) in [5.41, 5.74) is 1.81. The predicted molar refractivity (Wildman–Crippen MR) is 107 cm³/mol. The lowest BCUT2D eigenvalue weighted by Gasteiger charge is -2.13. The molecule has 0 aromatic heterocycles. The lowest BCUT2D eigenvalue weighted by atomic mass is 10.1. The van der Waals surface area contributed by atoms with E-state index in [1.165, 1.54) is 0 Å². The SMILES string of the molecule is CCCCOCc1cc(C(=O)Nc2cc(Cl)ccc2Cl)ccc1OCC. The minimum absolute atomic E-state index is 0.271. The van der Waals surface area contributed by atoms with Gasteiger partial charge in [0.15, 0.2) is 0 Å². The van der Waals surface area contributed by atoms with Crippen LogP contribution in [0.2, 0.25) is 10.0 Å². The Hall–Kier alpha value is -1.75. The predicted octanol–water partition coefficient (Wildman–Crippen LogP) is 5.96. The van der Waals surface area contributed by atoms with Crippen LogP contribution < -0.4 is 10.1 Å². The molecular formula is C20H23Cl2NO3. The van der Waals surface area contributed by atoms with Crippen molar-refractivity contribution in [3.8, 4) is 5.75 Å². The molecule has 4 nitrogen and oxygen atoms in total. The number of benzene rings is 2. The molecule has 0 saturated heterocycles. The van der Waals surface area contributed by atoms with Gasteiger partial charge in [-0.1, -0.05) is 36.5 Å². The number of carbonyl (C=O) groups is 1. The zero-order valence-electron chi connectivity index (χ0n) is 15.0. The summed E-state index contributed by atoms with van der Waals surface area (Å²) in [6, 6.07) is 10.2. The fraction of sp³-hybridized carbons (Fsp3) is 0.350. The van der Waals surface area contributed by atoms with E-state index in [0.29, 0.717) is 41.1 Å². The van der Waals surface area contributed by atoms with Gasteiger partial charge in [-0.25, -0.2) is 0 Å². The van der Waals surface area contributed by atoms with E-state index in [4.69, 9.17) is 32.7 Å². The maximum absolute atomic E-state index is 12.6. The molecule has 2 aromatic rings. The smallest absolute Gasteiger partial charge is 0.255 e. The van der Waals surface area contributed by atoms with Gasteiger partial charge in [0.05, 0.1) is 23.9 Å². The van der Waals surface area contributed by atoms with Gasteiger partial charge in [-0.2, -0.15) is 0 Å². The highest BCUT2D eigenvalue weighted by Crippen LogP contribution is 2.27. The minimum Gasteiger partial charge on any atom is -0.494 e. The third kappa shape index (κ3) is 5.90. The summed E-state index contributed by atoms with van der Waals surface area (Å²) in [5, 5.41) is 3.71. The first kappa shape index (κ1) is 20.6. The Morgan fingerprint density at radius 1 is 1.12 bits per heavy atom. The number of anilines is 1. The van der Waals surface area contributed by atoms with E-state index in [-0.39, 0.29) is 5.91 Å². The Morgan fingerprint density at radius 2 is 1.92 bits per heavy atom. The second-order valence-corrected chi connectivity index (χ2v) is 6.58. The monoisotopic (exact) mass is 395 g/mol. The summed E-state index contributed by atoms with van der Waals surface area (Å²) in [6.45, 7) is 5.65. The highest BCUT2D eigenvalue weighted by molar-refractivity contribution is 6.35. The summed E-state index contributed by atoms with van der Waals surface area (Å²) in [5.74, 6) is 0.452.